The lowest BCUT2D eigenvalue weighted by atomic mass is 9.43. The molecule has 5 rings (SSSR count). The monoisotopic (exact) mass is 710 g/mol. The molecule has 1 aromatic rings. The van der Waals surface area contributed by atoms with Gasteiger partial charge in [-0.05, 0) is 30.6 Å². The maximum atomic E-state index is 14.1. The summed E-state index contributed by atoms with van der Waals surface area (Å²) >= 11 is 0. The van der Waals surface area contributed by atoms with Gasteiger partial charge in [0.05, 0.1) is 13.2 Å². The van der Waals surface area contributed by atoms with Gasteiger partial charge >= 0.3 is 29.8 Å². The lowest BCUT2D eigenvalue weighted by Gasteiger charge is -2.65. The largest absolute Gasteiger partial charge is 0.466 e. The molecule has 13 nitrogen and oxygen atoms in total. The number of rotatable bonds is 8. The highest BCUT2D eigenvalue weighted by molar-refractivity contribution is 5.91. The summed E-state index contributed by atoms with van der Waals surface area (Å²) < 4.78 is 35.9. The smallest absolute Gasteiger partial charge is 0.331 e. The number of carbonyl (C=O) groups is 6. The zero-order chi connectivity index (χ0) is 37.7. The first-order chi connectivity index (χ1) is 23.8. The first-order valence-electron chi connectivity index (χ1n) is 17.0. The Morgan fingerprint density at radius 2 is 1.51 bits per heavy atom. The SMILES string of the molecule is C=C1C(OC(=O)C=Cc2ccccc2)CC(COC(C)=O)C2(C)C(OC(C)=O)C(OC(C)=O)C3(O)C4(C)OCC3(C)C(CC4=O)C(OC(C)=O)C12. The van der Waals surface area contributed by atoms with Crippen LogP contribution in [0.5, 0.6) is 0 Å². The Hall–Kier alpha value is -4.36. The molecule has 11 atom stereocenters. The quantitative estimate of drug-likeness (QED) is 0.180. The Kier molecular flexibility index (Phi) is 10.1. The lowest BCUT2D eigenvalue weighted by Crippen LogP contribution is -2.80. The van der Waals surface area contributed by atoms with Crippen molar-refractivity contribution in [3.8, 4) is 0 Å². The van der Waals surface area contributed by atoms with Gasteiger partial charge < -0.3 is 33.5 Å². The van der Waals surface area contributed by atoms with E-state index in [0.717, 1.165) is 19.4 Å². The second-order valence-corrected chi connectivity index (χ2v) is 14.7. The van der Waals surface area contributed by atoms with Gasteiger partial charge in [0.2, 0.25) is 0 Å². The van der Waals surface area contributed by atoms with Crippen molar-refractivity contribution >= 4 is 41.7 Å². The van der Waals surface area contributed by atoms with Gasteiger partial charge in [0.25, 0.3) is 0 Å². The molecule has 3 saturated carbocycles. The van der Waals surface area contributed by atoms with Crippen LogP contribution in [-0.4, -0.2) is 89.6 Å². The molecule has 0 spiro atoms. The molecule has 51 heavy (non-hydrogen) atoms. The second-order valence-electron chi connectivity index (χ2n) is 14.7. The highest BCUT2D eigenvalue weighted by Crippen LogP contribution is 2.68. The molecule has 1 aliphatic heterocycles. The molecular formula is C38H46O13. The summed E-state index contributed by atoms with van der Waals surface area (Å²) in [6.07, 6.45) is -2.96. The van der Waals surface area contributed by atoms with E-state index >= 15 is 0 Å². The number of carbonyl (C=O) groups excluding carboxylic acids is 6. The summed E-state index contributed by atoms with van der Waals surface area (Å²) in [6.45, 7) is 13.3. The fraction of sp³-hybridized carbons (Fsp3) is 0.579. The van der Waals surface area contributed by atoms with Crippen molar-refractivity contribution in [2.24, 2.45) is 28.6 Å². The van der Waals surface area contributed by atoms with Crippen LogP contribution in [0, 0.1) is 28.6 Å². The minimum Gasteiger partial charge on any atom is -0.466 e. The van der Waals surface area contributed by atoms with E-state index in [9.17, 15) is 33.9 Å². The topological polar surface area (TPSA) is 178 Å². The van der Waals surface area contributed by atoms with Crippen LogP contribution in [0.2, 0.25) is 0 Å². The summed E-state index contributed by atoms with van der Waals surface area (Å²) in [5, 5.41) is 13.1. The zero-order valence-corrected chi connectivity index (χ0v) is 30.0. The van der Waals surface area contributed by atoms with Crippen LogP contribution in [0.25, 0.3) is 6.08 Å². The molecule has 13 heteroatoms. The molecule has 4 aliphatic rings. The number of aliphatic hydroxyl groups is 1. The van der Waals surface area contributed by atoms with Gasteiger partial charge in [0.1, 0.15) is 23.9 Å². The third kappa shape index (κ3) is 6.18. The van der Waals surface area contributed by atoms with E-state index in [1.54, 1.807) is 19.9 Å². The number of hydrogen-bond donors (Lipinski definition) is 1. The van der Waals surface area contributed by atoms with E-state index in [4.69, 9.17) is 28.4 Å². The van der Waals surface area contributed by atoms with Crippen molar-refractivity contribution in [3.05, 3.63) is 54.1 Å². The van der Waals surface area contributed by atoms with Crippen molar-refractivity contribution in [3.63, 3.8) is 0 Å². The van der Waals surface area contributed by atoms with E-state index in [-0.39, 0.29) is 31.6 Å². The molecule has 1 saturated heterocycles. The highest BCUT2D eigenvalue weighted by Gasteiger charge is 2.82. The van der Waals surface area contributed by atoms with Crippen molar-refractivity contribution in [1.29, 1.82) is 0 Å². The number of esters is 5. The molecule has 276 valence electrons. The molecule has 0 aromatic heterocycles. The van der Waals surface area contributed by atoms with Gasteiger partial charge in [-0.15, -0.1) is 0 Å². The Bertz CT molecular complexity index is 1650. The number of hydrogen-bond acceptors (Lipinski definition) is 13. The molecule has 3 aliphatic carbocycles. The number of Topliss-reactive ketones (excluding diaryl/α,β-unsaturated/α-hetero) is 1. The summed E-state index contributed by atoms with van der Waals surface area (Å²) in [5.41, 5.74) is -6.19. The van der Waals surface area contributed by atoms with Crippen molar-refractivity contribution < 1.29 is 62.3 Å². The van der Waals surface area contributed by atoms with Crippen molar-refractivity contribution in [1.82, 2.24) is 0 Å². The summed E-state index contributed by atoms with van der Waals surface area (Å²) in [6, 6.07) is 9.08. The first kappa shape index (κ1) is 37.9. The first-order valence-corrected chi connectivity index (χ1v) is 17.0. The molecule has 4 fully saturated rings. The van der Waals surface area contributed by atoms with Gasteiger partial charge in [0, 0.05) is 68.8 Å². The van der Waals surface area contributed by atoms with E-state index in [1.807, 2.05) is 30.3 Å². The summed E-state index contributed by atoms with van der Waals surface area (Å²) in [5.74, 6) is -7.16. The zero-order valence-electron chi connectivity index (χ0n) is 30.0. The average Bonchev–Trinajstić information content (AvgIpc) is 3.19. The Labute approximate surface area is 296 Å². The predicted molar refractivity (Wildman–Crippen MR) is 178 cm³/mol. The van der Waals surface area contributed by atoms with Crippen LogP contribution in [0.3, 0.4) is 0 Å². The molecular weight excluding hydrogens is 664 g/mol. The Morgan fingerprint density at radius 1 is 0.902 bits per heavy atom. The van der Waals surface area contributed by atoms with E-state index in [1.165, 1.54) is 26.8 Å². The fourth-order valence-corrected chi connectivity index (χ4v) is 9.24. The number of ether oxygens (including phenoxy) is 6. The summed E-state index contributed by atoms with van der Waals surface area (Å²) in [7, 11) is 0. The molecule has 0 amide bonds. The number of fused-ring (bicyclic) bond motifs is 1. The van der Waals surface area contributed by atoms with Crippen LogP contribution >= 0.6 is 0 Å². The van der Waals surface area contributed by atoms with Crippen molar-refractivity contribution in [2.75, 3.05) is 13.2 Å². The standard InChI is InChI=1S/C38H46O13/c1-20-28(51-30(44)15-14-25-12-10-9-11-13-25)16-26(18-46-21(2)39)36(7)31(20)32(48-22(3)40)27-17-29(43)37(8)38(45,35(27,6)19-47-37)34(50-24(5)42)33(36)49-23(4)41/h9-15,26-28,31-34,45H,1,16-19H2,2-8H3. The Balaban J connectivity index is 1.76. The maximum absolute atomic E-state index is 14.1. The lowest BCUT2D eigenvalue weighted by molar-refractivity contribution is -0.292. The number of ketones is 1. The third-order valence-corrected chi connectivity index (χ3v) is 11.7. The molecule has 1 heterocycles. The summed E-state index contributed by atoms with van der Waals surface area (Å²) in [4.78, 5) is 78.7. The van der Waals surface area contributed by atoms with E-state index < -0.39 is 99.8 Å². The predicted octanol–water partition coefficient (Wildman–Crippen LogP) is 3.30. The molecule has 11 unspecified atom stereocenters. The normalized spacial score (nSPS) is 38.5. The molecule has 1 N–H and O–H groups in total. The molecule has 4 bridgehead atoms. The molecule has 0 radical (unpaired) electrons. The average molecular weight is 711 g/mol. The van der Waals surface area contributed by atoms with Gasteiger partial charge in [-0.25, -0.2) is 4.79 Å². The minimum absolute atomic E-state index is 0.0194. The van der Waals surface area contributed by atoms with Gasteiger partial charge in [-0.3, -0.25) is 24.0 Å². The van der Waals surface area contributed by atoms with Gasteiger partial charge in [-0.2, -0.15) is 0 Å². The van der Waals surface area contributed by atoms with Crippen LogP contribution in [0.15, 0.2) is 48.6 Å². The fourth-order valence-electron chi connectivity index (χ4n) is 9.24. The van der Waals surface area contributed by atoms with E-state index in [0.29, 0.717) is 0 Å². The second kappa shape index (κ2) is 13.6. The highest BCUT2D eigenvalue weighted by atomic mass is 16.6. The third-order valence-electron chi connectivity index (χ3n) is 11.7. The Morgan fingerprint density at radius 3 is 2.10 bits per heavy atom. The minimum atomic E-state index is -2.32. The van der Waals surface area contributed by atoms with Crippen LogP contribution in [0.1, 0.15) is 66.9 Å². The molecule has 1 aromatic carbocycles. The van der Waals surface area contributed by atoms with Crippen molar-refractivity contribution in [2.45, 2.75) is 96.9 Å². The van der Waals surface area contributed by atoms with Crippen LogP contribution in [0.4, 0.5) is 0 Å². The maximum Gasteiger partial charge on any atom is 0.331 e. The van der Waals surface area contributed by atoms with Crippen LogP contribution < -0.4 is 0 Å². The number of benzene rings is 1. The van der Waals surface area contributed by atoms with Crippen LogP contribution in [-0.2, 0) is 57.2 Å². The van der Waals surface area contributed by atoms with E-state index in [2.05, 4.69) is 6.58 Å². The van der Waals surface area contributed by atoms with Gasteiger partial charge in [0.15, 0.2) is 17.5 Å². The van der Waals surface area contributed by atoms with Gasteiger partial charge in [-0.1, -0.05) is 50.8 Å².